The van der Waals surface area contributed by atoms with Gasteiger partial charge in [0.2, 0.25) is 0 Å². The number of alkyl halides is 1. The van der Waals surface area contributed by atoms with E-state index in [-0.39, 0.29) is 0 Å². The molecular formula is C15H30ClN. The molecule has 1 nitrogen and oxygen atoms in total. The number of hydrogen-bond acceptors (Lipinski definition) is 1. The topological polar surface area (TPSA) is 12.0 Å². The van der Waals surface area contributed by atoms with E-state index >= 15 is 0 Å². The number of hydrogen-bond donors (Lipinski definition) is 1. The lowest BCUT2D eigenvalue weighted by molar-refractivity contribution is 0.308. The van der Waals surface area contributed by atoms with Crippen LogP contribution in [0.3, 0.4) is 0 Å². The van der Waals surface area contributed by atoms with Gasteiger partial charge in [0.25, 0.3) is 0 Å². The van der Waals surface area contributed by atoms with Crippen molar-refractivity contribution in [1.29, 1.82) is 0 Å². The zero-order valence-electron chi connectivity index (χ0n) is 11.5. The van der Waals surface area contributed by atoms with Crippen molar-refractivity contribution in [2.24, 2.45) is 5.92 Å². The van der Waals surface area contributed by atoms with Crippen LogP contribution in [-0.4, -0.2) is 18.5 Å². The molecule has 102 valence electrons. The molecule has 1 fully saturated rings. The molecule has 0 bridgehead atoms. The van der Waals surface area contributed by atoms with Crippen molar-refractivity contribution < 1.29 is 0 Å². The molecule has 1 saturated carbocycles. The quantitative estimate of drug-likeness (QED) is 0.418. The van der Waals surface area contributed by atoms with Crippen LogP contribution < -0.4 is 5.32 Å². The van der Waals surface area contributed by atoms with Gasteiger partial charge >= 0.3 is 0 Å². The molecule has 17 heavy (non-hydrogen) atoms. The van der Waals surface area contributed by atoms with E-state index in [0.717, 1.165) is 5.92 Å². The summed E-state index contributed by atoms with van der Waals surface area (Å²) in [6.07, 6.45) is 13.7. The molecule has 0 aromatic carbocycles. The first kappa shape index (κ1) is 15.3. The smallest absolute Gasteiger partial charge is 0.0342 e. The van der Waals surface area contributed by atoms with Crippen LogP contribution in [-0.2, 0) is 0 Å². The Labute approximate surface area is 113 Å². The van der Waals surface area contributed by atoms with Crippen molar-refractivity contribution in [3.05, 3.63) is 0 Å². The van der Waals surface area contributed by atoms with Crippen LogP contribution in [0.1, 0.15) is 71.1 Å². The van der Waals surface area contributed by atoms with Gasteiger partial charge in [0, 0.05) is 5.38 Å². The van der Waals surface area contributed by atoms with Gasteiger partial charge in [0.15, 0.2) is 0 Å². The summed E-state index contributed by atoms with van der Waals surface area (Å²) in [5.74, 6) is 0.867. The number of rotatable bonds is 11. The van der Waals surface area contributed by atoms with Gasteiger partial charge in [-0.25, -0.2) is 0 Å². The Hall–Kier alpha value is 0.250. The fourth-order valence-electron chi connectivity index (χ4n) is 2.51. The number of halogens is 1. The average Bonchev–Trinajstić information content (AvgIpc) is 2.29. The van der Waals surface area contributed by atoms with Gasteiger partial charge < -0.3 is 5.32 Å². The van der Waals surface area contributed by atoms with Gasteiger partial charge in [-0.15, -0.1) is 11.6 Å². The first-order valence-corrected chi connectivity index (χ1v) is 8.11. The van der Waals surface area contributed by atoms with E-state index in [1.54, 1.807) is 0 Å². The minimum Gasteiger partial charge on any atom is -0.316 e. The van der Waals surface area contributed by atoms with E-state index < -0.39 is 0 Å². The first-order chi connectivity index (χ1) is 8.33. The van der Waals surface area contributed by atoms with E-state index in [1.807, 2.05) is 0 Å². The molecule has 0 aromatic heterocycles. The van der Waals surface area contributed by atoms with Crippen LogP contribution >= 0.6 is 11.6 Å². The van der Waals surface area contributed by atoms with E-state index in [1.165, 1.54) is 77.3 Å². The highest BCUT2D eigenvalue weighted by atomic mass is 35.5. The van der Waals surface area contributed by atoms with Gasteiger partial charge in [-0.3, -0.25) is 0 Å². The second-order valence-corrected chi connectivity index (χ2v) is 6.23. The van der Waals surface area contributed by atoms with Crippen molar-refractivity contribution in [3.8, 4) is 0 Å². The largest absolute Gasteiger partial charge is 0.316 e. The molecule has 1 aliphatic rings. The van der Waals surface area contributed by atoms with Crippen LogP contribution in [0.4, 0.5) is 0 Å². The summed E-state index contributed by atoms with van der Waals surface area (Å²) in [5, 5.41) is 4.04. The van der Waals surface area contributed by atoms with Gasteiger partial charge in [0.05, 0.1) is 0 Å². The van der Waals surface area contributed by atoms with Crippen LogP contribution in [0.5, 0.6) is 0 Å². The maximum atomic E-state index is 5.95. The Morgan fingerprint density at radius 1 is 0.941 bits per heavy atom. The molecule has 0 unspecified atom stereocenters. The van der Waals surface area contributed by atoms with Crippen LogP contribution in [0.2, 0.25) is 0 Å². The highest BCUT2D eigenvalue weighted by Crippen LogP contribution is 2.30. The standard InChI is InChI=1S/C15H30ClN/c1-2-3-4-5-6-7-8-9-10-17-13-14-11-15(16)12-14/h14-15,17H,2-13H2,1H3. The SMILES string of the molecule is CCCCCCCCCCNCC1CC(Cl)C1. The van der Waals surface area contributed by atoms with Crippen LogP contribution in [0, 0.1) is 5.92 Å². The molecule has 2 heteroatoms. The molecule has 1 aliphatic carbocycles. The summed E-state index contributed by atoms with van der Waals surface area (Å²) in [5.41, 5.74) is 0. The van der Waals surface area contributed by atoms with Gasteiger partial charge in [-0.2, -0.15) is 0 Å². The first-order valence-electron chi connectivity index (χ1n) is 7.67. The Morgan fingerprint density at radius 3 is 2.12 bits per heavy atom. The van der Waals surface area contributed by atoms with Crippen molar-refractivity contribution in [2.75, 3.05) is 13.1 Å². The predicted octanol–water partition coefficient (Wildman–Crippen LogP) is 4.73. The lowest BCUT2D eigenvalue weighted by Crippen LogP contribution is -2.33. The lowest BCUT2D eigenvalue weighted by Gasteiger charge is -2.30. The second-order valence-electron chi connectivity index (χ2n) is 5.61. The highest BCUT2D eigenvalue weighted by Gasteiger charge is 2.26. The van der Waals surface area contributed by atoms with Crippen molar-refractivity contribution >= 4 is 11.6 Å². The lowest BCUT2D eigenvalue weighted by atomic mass is 9.85. The number of nitrogens with one attached hydrogen (secondary N) is 1. The summed E-state index contributed by atoms with van der Waals surface area (Å²) in [6.45, 7) is 4.68. The Morgan fingerprint density at radius 2 is 1.53 bits per heavy atom. The van der Waals surface area contributed by atoms with Gasteiger partial charge in [-0.05, 0) is 38.3 Å². The third-order valence-corrected chi connectivity index (χ3v) is 4.17. The zero-order valence-corrected chi connectivity index (χ0v) is 12.3. The van der Waals surface area contributed by atoms with E-state index in [2.05, 4.69) is 12.2 Å². The zero-order chi connectivity index (χ0) is 12.3. The molecule has 1 N–H and O–H groups in total. The maximum absolute atomic E-state index is 5.95. The summed E-state index contributed by atoms with van der Waals surface area (Å²) in [7, 11) is 0. The summed E-state index contributed by atoms with van der Waals surface area (Å²) < 4.78 is 0. The van der Waals surface area contributed by atoms with E-state index in [0.29, 0.717) is 5.38 Å². The summed E-state index contributed by atoms with van der Waals surface area (Å²) in [6, 6.07) is 0. The summed E-state index contributed by atoms with van der Waals surface area (Å²) >= 11 is 5.95. The Balaban J connectivity index is 1.67. The average molecular weight is 260 g/mol. The van der Waals surface area contributed by atoms with Crippen molar-refractivity contribution in [1.82, 2.24) is 5.32 Å². The molecule has 0 aromatic rings. The molecule has 0 amide bonds. The second kappa shape index (κ2) is 10.2. The third-order valence-electron chi connectivity index (χ3n) is 3.82. The predicted molar refractivity (Wildman–Crippen MR) is 77.8 cm³/mol. The Bertz CT molecular complexity index is 166. The van der Waals surface area contributed by atoms with Crippen LogP contribution in [0.25, 0.3) is 0 Å². The molecule has 0 radical (unpaired) electrons. The normalized spacial score (nSPS) is 23.6. The molecule has 0 spiro atoms. The van der Waals surface area contributed by atoms with E-state index in [9.17, 15) is 0 Å². The Kier molecular flexibility index (Phi) is 9.18. The highest BCUT2D eigenvalue weighted by molar-refractivity contribution is 6.21. The van der Waals surface area contributed by atoms with Gasteiger partial charge in [-0.1, -0.05) is 51.9 Å². The minimum absolute atomic E-state index is 0.477. The molecular weight excluding hydrogens is 230 g/mol. The number of unbranched alkanes of at least 4 members (excludes halogenated alkanes) is 7. The minimum atomic E-state index is 0.477. The maximum Gasteiger partial charge on any atom is 0.0342 e. The molecule has 0 aliphatic heterocycles. The van der Waals surface area contributed by atoms with Gasteiger partial charge in [0.1, 0.15) is 0 Å². The molecule has 1 rings (SSSR count). The fourth-order valence-corrected chi connectivity index (χ4v) is 3.02. The molecule has 0 heterocycles. The van der Waals surface area contributed by atoms with Crippen molar-refractivity contribution in [2.45, 2.75) is 76.5 Å². The monoisotopic (exact) mass is 259 g/mol. The molecule has 0 atom stereocenters. The summed E-state index contributed by atoms with van der Waals surface area (Å²) in [4.78, 5) is 0. The van der Waals surface area contributed by atoms with E-state index in [4.69, 9.17) is 11.6 Å². The fraction of sp³-hybridized carbons (Fsp3) is 1.00. The third kappa shape index (κ3) is 8.05. The molecule has 0 saturated heterocycles. The van der Waals surface area contributed by atoms with Crippen molar-refractivity contribution in [3.63, 3.8) is 0 Å². The van der Waals surface area contributed by atoms with Crippen LogP contribution in [0.15, 0.2) is 0 Å².